The molecule has 0 radical (unpaired) electrons. The standard InChI is InChI=1S/C46H30/c1-3-36-20-22-39-24-27-41(43-28-25-37(4-1)45(36)46(39)43)34-17-13-32(14-18-34)30-9-7-29(8-10-30)31-11-15-33(16-12-31)40-26-23-38-21-19-35-5-2-6-42(40)44(35)38/h1-18,20,22-28H,19,21H2. The molecule has 1 aliphatic rings. The molecule has 0 aromatic heterocycles. The maximum Gasteiger partial charge on any atom is -0.00206 e. The van der Waals surface area contributed by atoms with Gasteiger partial charge in [-0.05, 0) is 112 Å². The van der Waals surface area contributed by atoms with Gasteiger partial charge in [0.05, 0.1) is 0 Å². The first-order chi connectivity index (χ1) is 22.8. The maximum absolute atomic E-state index is 2.33. The zero-order valence-electron chi connectivity index (χ0n) is 25.4. The van der Waals surface area contributed by atoms with Gasteiger partial charge in [0.2, 0.25) is 0 Å². The molecule has 1 aliphatic carbocycles. The van der Waals surface area contributed by atoms with Crippen LogP contribution in [-0.4, -0.2) is 0 Å². The van der Waals surface area contributed by atoms with Gasteiger partial charge in [0, 0.05) is 0 Å². The van der Waals surface area contributed by atoms with E-state index in [9.17, 15) is 0 Å². The summed E-state index contributed by atoms with van der Waals surface area (Å²) < 4.78 is 0. The summed E-state index contributed by atoms with van der Waals surface area (Å²) in [5, 5.41) is 10.8. The molecule has 0 spiro atoms. The van der Waals surface area contributed by atoms with Gasteiger partial charge in [0.15, 0.2) is 0 Å². The molecule has 0 bridgehead atoms. The SMILES string of the molecule is c1cc2ccc3ccc(-c4ccc(-c5ccc(-c6ccc(-c7ccc8c9c(cccc79)CC8)cc6)cc5)cc4)c4ccc(c1)c2c34. The third-order valence-electron chi connectivity index (χ3n) is 10.3. The van der Waals surface area contributed by atoms with E-state index >= 15 is 0 Å². The predicted molar refractivity (Wildman–Crippen MR) is 197 cm³/mol. The monoisotopic (exact) mass is 582 g/mol. The second-order valence-electron chi connectivity index (χ2n) is 12.8. The van der Waals surface area contributed by atoms with Crippen molar-refractivity contribution in [1.29, 1.82) is 0 Å². The molecule has 10 rings (SSSR count). The zero-order valence-corrected chi connectivity index (χ0v) is 25.4. The number of rotatable bonds is 4. The third kappa shape index (κ3) is 3.87. The Kier molecular flexibility index (Phi) is 5.50. The van der Waals surface area contributed by atoms with Crippen LogP contribution < -0.4 is 0 Å². The van der Waals surface area contributed by atoms with Crippen LogP contribution >= 0.6 is 0 Å². The Morgan fingerprint density at radius 1 is 0.261 bits per heavy atom. The molecule has 0 fully saturated rings. The second-order valence-corrected chi connectivity index (χ2v) is 12.8. The van der Waals surface area contributed by atoms with E-state index in [2.05, 4.69) is 158 Å². The maximum atomic E-state index is 2.33. The van der Waals surface area contributed by atoms with Crippen molar-refractivity contribution in [3.05, 3.63) is 169 Å². The smallest absolute Gasteiger partial charge is 0.00206 e. The van der Waals surface area contributed by atoms with E-state index in [0.29, 0.717) is 0 Å². The zero-order chi connectivity index (χ0) is 30.2. The minimum absolute atomic E-state index is 1.16. The van der Waals surface area contributed by atoms with Gasteiger partial charge in [0.25, 0.3) is 0 Å². The fourth-order valence-electron chi connectivity index (χ4n) is 8.03. The Morgan fingerprint density at radius 2 is 0.674 bits per heavy atom. The summed E-state index contributed by atoms with van der Waals surface area (Å²) in [5.74, 6) is 0. The van der Waals surface area contributed by atoms with E-state index in [-0.39, 0.29) is 0 Å². The van der Waals surface area contributed by atoms with Crippen LogP contribution in [0.5, 0.6) is 0 Å². The first-order valence-corrected chi connectivity index (χ1v) is 16.3. The van der Waals surface area contributed by atoms with E-state index in [1.807, 2.05) is 0 Å². The molecule has 9 aromatic carbocycles. The van der Waals surface area contributed by atoms with Crippen LogP contribution in [-0.2, 0) is 12.8 Å². The normalized spacial score (nSPS) is 12.6. The van der Waals surface area contributed by atoms with Gasteiger partial charge < -0.3 is 0 Å². The lowest BCUT2D eigenvalue weighted by atomic mass is 9.89. The van der Waals surface area contributed by atoms with Crippen molar-refractivity contribution in [2.45, 2.75) is 12.8 Å². The van der Waals surface area contributed by atoms with Crippen molar-refractivity contribution in [1.82, 2.24) is 0 Å². The summed E-state index contributed by atoms with van der Waals surface area (Å²) >= 11 is 0. The van der Waals surface area contributed by atoms with Crippen molar-refractivity contribution in [2.24, 2.45) is 0 Å². The molecule has 0 saturated heterocycles. The Morgan fingerprint density at radius 3 is 1.26 bits per heavy atom. The van der Waals surface area contributed by atoms with E-state index in [1.165, 1.54) is 98.7 Å². The molecule has 214 valence electrons. The minimum Gasteiger partial charge on any atom is -0.0613 e. The van der Waals surface area contributed by atoms with Crippen LogP contribution in [0.1, 0.15) is 11.1 Å². The quantitative estimate of drug-likeness (QED) is 0.181. The summed E-state index contributed by atoms with van der Waals surface area (Å²) in [6.45, 7) is 0. The molecule has 0 heterocycles. The number of benzene rings is 9. The fraction of sp³-hybridized carbons (Fsp3) is 0.0435. The lowest BCUT2D eigenvalue weighted by Crippen LogP contribution is -1.87. The molecule has 46 heavy (non-hydrogen) atoms. The Labute approximate surface area is 268 Å². The van der Waals surface area contributed by atoms with Gasteiger partial charge in [-0.3, -0.25) is 0 Å². The molecule has 0 N–H and O–H groups in total. The summed E-state index contributed by atoms with van der Waals surface area (Å²) in [4.78, 5) is 0. The number of aryl methyl sites for hydroxylation is 2. The number of hydrogen-bond acceptors (Lipinski definition) is 0. The van der Waals surface area contributed by atoms with Crippen LogP contribution in [0.15, 0.2) is 158 Å². The van der Waals surface area contributed by atoms with E-state index in [0.717, 1.165) is 12.8 Å². The lowest BCUT2D eigenvalue weighted by Gasteiger charge is -2.14. The highest BCUT2D eigenvalue weighted by molar-refractivity contribution is 6.25. The molecule has 0 atom stereocenters. The van der Waals surface area contributed by atoms with Gasteiger partial charge in [-0.2, -0.15) is 0 Å². The van der Waals surface area contributed by atoms with Crippen molar-refractivity contribution in [2.75, 3.05) is 0 Å². The topological polar surface area (TPSA) is 0 Å². The minimum atomic E-state index is 1.16. The van der Waals surface area contributed by atoms with Crippen molar-refractivity contribution >= 4 is 43.1 Å². The highest BCUT2D eigenvalue weighted by Gasteiger charge is 2.17. The predicted octanol–water partition coefficient (Wildman–Crippen LogP) is 12.5. The van der Waals surface area contributed by atoms with E-state index in [4.69, 9.17) is 0 Å². The lowest BCUT2D eigenvalue weighted by molar-refractivity contribution is 1.02. The Hall–Kier alpha value is -5.72. The van der Waals surface area contributed by atoms with Crippen molar-refractivity contribution in [3.63, 3.8) is 0 Å². The molecule has 0 nitrogen and oxygen atoms in total. The van der Waals surface area contributed by atoms with Gasteiger partial charge in [-0.1, -0.05) is 158 Å². The van der Waals surface area contributed by atoms with Crippen LogP contribution in [0.3, 0.4) is 0 Å². The molecule has 9 aromatic rings. The van der Waals surface area contributed by atoms with Crippen LogP contribution in [0.2, 0.25) is 0 Å². The summed E-state index contributed by atoms with van der Waals surface area (Å²) in [6.07, 6.45) is 2.33. The Bertz CT molecular complexity index is 2560. The summed E-state index contributed by atoms with van der Waals surface area (Å²) in [5.41, 5.74) is 13.1. The fourth-order valence-corrected chi connectivity index (χ4v) is 8.03. The van der Waals surface area contributed by atoms with Crippen molar-refractivity contribution < 1.29 is 0 Å². The van der Waals surface area contributed by atoms with Crippen LogP contribution in [0, 0.1) is 0 Å². The molecule has 0 aliphatic heterocycles. The van der Waals surface area contributed by atoms with Gasteiger partial charge in [-0.25, -0.2) is 0 Å². The number of hydrogen-bond donors (Lipinski definition) is 0. The molecule has 0 saturated carbocycles. The first-order valence-electron chi connectivity index (χ1n) is 16.3. The molecular formula is C46H30. The van der Waals surface area contributed by atoms with Gasteiger partial charge in [0.1, 0.15) is 0 Å². The molecule has 0 heteroatoms. The average molecular weight is 583 g/mol. The van der Waals surface area contributed by atoms with E-state index < -0.39 is 0 Å². The van der Waals surface area contributed by atoms with Gasteiger partial charge in [-0.15, -0.1) is 0 Å². The van der Waals surface area contributed by atoms with Crippen molar-refractivity contribution in [3.8, 4) is 44.5 Å². The van der Waals surface area contributed by atoms with Crippen LogP contribution in [0.4, 0.5) is 0 Å². The summed E-state index contributed by atoms with van der Waals surface area (Å²) in [6, 6.07) is 58.8. The summed E-state index contributed by atoms with van der Waals surface area (Å²) in [7, 11) is 0. The molecular weight excluding hydrogens is 553 g/mol. The highest BCUT2D eigenvalue weighted by Crippen LogP contribution is 2.40. The molecule has 0 unspecified atom stereocenters. The average Bonchev–Trinajstić information content (AvgIpc) is 3.56. The molecule has 0 amide bonds. The largest absolute Gasteiger partial charge is 0.0613 e. The highest BCUT2D eigenvalue weighted by atomic mass is 14.2. The first kappa shape index (κ1) is 25.6. The Balaban J connectivity index is 0.939. The third-order valence-corrected chi connectivity index (χ3v) is 10.3. The second kappa shape index (κ2) is 9.89. The van der Waals surface area contributed by atoms with Gasteiger partial charge >= 0.3 is 0 Å². The van der Waals surface area contributed by atoms with Crippen LogP contribution in [0.25, 0.3) is 87.6 Å². The van der Waals surface area contributed by atoms with E-state index in [1.54, 1.807) is 0 Å².